The fourth-order valence-corrected chi connectivity index (χ4v) is 4.31. The zero-order valence-electron chi connectivity index (χ0n) is 13.8. The molecule has 25 heavy (non-hydrogen) atoms. The van der Waals surface area contributed by atoms with Gasteiger partial charge in [0.05, 0.1) is 12.3 Å². The molecule has 0 N–H and O–H groups in total. The van der Waals surface area contributed by atoms with Gasteiger partial charge in [-0.2, -0.15) is 0 Å². The summed E-state index contributed by atoms with van der Waals surface area (Å²) in [6.07, 6.45) is 2.90. The third-order valence-electron chi connectivity index (χ3n) is 4.52. The number of hydrogen-bond donors (Lipinski definition) is 0. The van der Waals surface area contributed by atoms with Gasteiger partial charge in [0, 0.05) is 48.3 Å². The molecule has 0 saturated carbocycles. The molecule has 1 atom stereocenters. The van der Waals surface area contributed by atoms with Crippen molar-refractivity contribution in [2.45, 2.75) is 6.42 Å². The number of fused-ring (bicyclic) bond motifs is 1. The molecule has 130 valence electrons. The maximum atomic E-state index is 12.9. The van der Waals surface area contributed by atoms with Crippen molar-refractivity contribution < 1.29 is 9.53 Å². The largest absolute Gasteiger partial charge is 0.384 e. The Balaban J connectivity index is 1.62. The van der Waals surface area contributed by atoms with Gasteiger partial charge < -0.3 is 9.64 Å². The topological polar surface area (TPSA) is 46.8 Å². The highest BCUT2D eigenvalue weighted by Crippen LogP contribution is 2.27. The van der Waals surface area contributed by atoms with E-state index in [1.54, 1.807) is 7.11 Å². The van der Waals surface area contributed by atoms with E-state index >= 15 is 0 Å². The lowest BCUT2D eigenvalue weighted by Crippen LogP contribution is -2.30. The van der Waals surface area contributed by atoms with Gasteiger partial charge in [0.2, 0.25) is 0 Å². The van der Waals surface area contributed by atoms with E-state index in [9.17, 15) is 4.79 Å². The maximum absolute atomic E-state index is 12.9. The standard InChI is InChI=1S/C18H18ClN3O2S/c1-24-10-12-5-6-21(8-12)17(23)16-11-25-18-20-15(9-22(16)18)13-3-2-4-14(19)7-13/h2-4,7,9,11-12H,5-6,8,10H2,1H3/t12-/m0/s1. The summed E-state index contributed by atoms with van der Waals surface area (Å²) < 4.78 is 7.10. The fraction of sp³-hybridized carbons (Fsp3) is 0.333. The Morgan fingerprint density at radius 3 is 3.16 bits per heavy atom. The van der Waals surface area contributed by atoms with Gasteiger partial charge in [-0.3, -0.25) is 9.20 Å². The van der Waals surface area contributed by atoms with Crippen molar-refractivity contribution in [3.8, 4) is 11.3 Å². The smallest absolute Gasteiger partial charge is 0.271 e. The third kappa shape index (κ3) is 3.17. The number of aromatic nitrogens is 2. The number of imidazole rings is 1. The monoisotopic (exact) mass is 375 g/mol. The first-order valence-electron chi connectivity index (χ1n) is 8.16. The van der Waals surface area contributed by atoms with Crippen molar-refractivity contribution in [2.24, 2.45) is 5.92 Å². The van der Waals surface area contributed by atoms with Crippen LogP contribution in [0.25, 0.3) is 16.2 Å². The SMILES string of the molecule is COC[C@H]1CCN(C(=O)c2csc3nc(-c4cccc(Cl)c4)cn23)C1. The highest BCUT2D eigenvalue weighted by atomic mass is 35.5. The average molecular weight is 376 g/mol. The van der Waals surface area contributed by atoms with E-state index in [2.05, 4.69) is 4.98 Å². The summed E-state index contributed by atoms with van der Waals surface area (Å²) in [4.78, 5) is 20.2. The van der Waals surface area contributed by atoms with Crippen LogP contribution in [0.15, 0.2) is 35.8 Å². The van der Waals surface area contributed by atoms with Gasteiger partial charge in [0.25, 0.3) is 5.91 Å². The molecule has 0 spiro atoms. The molecule has 7 heteroatoms. The van der Waals surface area contributed by atoms with Crippen LogP contribution in [0.1, 0.15) is 16.9 Å². The molecule has 1 saturated heterocycles. The zero-order chi connectivity index (χ0) is 17.4. The number of ether oxygens (including phenoxy) is 1. The Hall–Kier alpha value is -1.89. The lowest BCUT2D eigenvalue weighted by Gasteiger charge is -2.15. The molecular weight excluding hydrogens is 358 g/mol. The molecule has 5 nitrogen and oxygen atoms in total. The van der Waals surface area contributed by atoms with E-state index in [0.29, 0.717) is 23.2 Å². The Morgan fingerprint density at radius 1 is 1.48 bits per heavy atom. The second-order valence-electron chi connectivity index (χ2n) is 6.27. The molecule has 4 rings (SSSR count). The minimum absolute atomic E-state index is 0.0555. The van der Waals surface area contributed by atoms with Crippen LogP contribution >= 0.6 is 22.9 Å². The Bertz CT molecular complexity index is 920. The van der Waals surface area contributed by atoms with Gasteiger partial charge in [-0.1, -0.05) is 23.7 Å². The first-order valence-corrected chi connectivity index (χ1v) is 9.42. The summed E-state index contributed by atoms with van der Waals surface area (Å²) in [5.74, 6) is 0.479. The zero-order valence-corrected chi connectivity index (χ0v) is 15.4. The third-order valence-corrected chi connectivity index (χ3v) is 5.60. The van der Waals surface area contributed by atoms with Crippen molar-refractivity contribution in [1.82, 2.24) is 14.3 Å². The maximum Gasteiger partial charge on any atom is 0.271 e. The molecule has 0 radical (unpaired) electrons. The Morgan fingerprint density at radius 2 is 2.36 bits per heavy atom. The van der Waals surface area contributed by atoms with Gasteiger partial charge in [-0.15, -0.1) is 11.3 Å². The molecule has 1 fully saturated rings. The fourth-order valence-electron chi connectivity index (χ4n) is 3.28. The summed E-state index contributed by atoms with van der Waals surface area (Å²) in [7, 11) is 1.70. The predicted molar refractivity (Wildman–Crippen MR) is 99.4 cm³/mol. The summed E-state index contributed by atoms with van der Waals surface area (Å²) in [6.45, 7) is 2.23. The molecule has 3 aromatic rings. The van der Waals surface area contributed by atoms with Crippen LogP contribution in [0.4, 0.5) is 0 Å². The van der Waals surface area contributed by atoms with Crippen LogP contribution in [0.3, 0.4) is 0 Å². The summed E-state index contributed by atoms with van der Waals surface area (Å²) in [6, 6.07) is 7.58. The summed E-state index contributed by atoms with van der Waals surface area (Å²) in [5.41, 5.74) is 2.43. The van der Waals surface area contributed by atoms with Crippen LogP contribution in [-0.4, -0.2) is 47.0 Å². The number of carbonyl (C=O) groups is 1. The lowest BCUT2D eigenvalue weighted by molar-refractivity contribution is 0.0769. The number of benzene rings is 1. The number of rotatable bonds is 4. The second-order valence-corrected chi connectivity index (χ2v) is 7.54. The van der Waals surface area contributed by atoms with Crippen LogP contribution in [-0.2, 0) is 4.74 Å². The quantitative estimate of drug-likeness (QED) is 0.696. The summed E-state index contributed by atoms with van der Waals surface area (Å²) >= 11 is 7.55. The number of nitrogens with zero attached hydrogens (tertiary/aromatic N) is 3. The highest BCUT2D eigenvalue weighted by Gasteiger charge is 2.28. The lowest BCUT2D eigenvalue weighted by atomic mass is 10.1. The first-order chi connectivity index (χ1) is 12.2. The molecule has 0 bridgehead atoms. The van der Waals surface area contributed by atoms with E-state index in [0.717, 1.165) is 35.7 Å². The minimum Gasteiger partial charge on any atom is -0.384 e. The van der Waals surface area contributed by atoms with Crippen molar-refractivity contribution in [2.75, 3.05) is 26.8 Å². The second kappa shape index (κ2) is 6.78. The van der Waals surface area contributed by atoms with Crippen LogP contribution in [0, 0.1) is 5.92 Å². The minimum atomic E-state index is 0.0555. The molecule has 1 aromatic carbocycles. The molecule has 0 unspecified atom stereocenters. The van der Waals surface area contributed by atoms with Crippen LogP contribution < -0.4 is 0 Å². The van der Waals surface area contributed by atoms with Crippen LogP contribution in [0.2, 0.25) is 5.02 Å². The van der Waals surface area contributed by atoms with Crippen molar-refractivity contribution in [3.05, 3.63) is 46.6 Å². The van der Waals surface area contributed by atoms with E-state index < -0.39 is 0 Å². The molecule has 2 aromatic heterocycles. The Kier molecular flexibility index (Phi) is 4.50. The van der Waals surface area contributed by atoms with E-state index in [4.69, 9.17) is 16.3 Å². The molecule has 1 aliphatic heterocycles. The van der Waals surface area contributed by atoms with Crippen molar-refractivity contribution in [1.29, 1.82) is 0 Å². The van der Waals surface area contributed by atoms with E-state index in [1.807, 2.05) is 45.1 Å². The summed E-state index contributed by atoms with van der Waals surface area (Å²) in [5, 5.41) is 2.56. The Labute approximate surface area is 154 Å². The molecule has 3 heterocycles. The van der Waals surface area contributed by atoms with Gasteiger partial charge >= 0.3 is 0 Å². The van der Waals surface area contributed by atoms with E-state index in [1.165, 1.54) is 11.3 Å². The molecule has 1 amide bonds. The number of likely N-dealkylation sites (tertiary alicyclic amines) is 1. The average Bonchev–Trinajstić information content (AvgIpc) is 3.30. The highest BCUT2D eigenvalue weighted by molar-refractivity contribution is 7.15. The first kappa shape index (κ1) is 16.6. The normalized spacial score (nSPS) is 17.5. The molecular formula is C18H18ClN3O2S. The number of hydrogen-bond acceptors (Lipinski definition) is 4. The number of thiazole rings is 1. The van der Waals surface area contributed by atoms with Crippen molar-refractivity contribution in [3.63, 3.8) is 0 Å². The van der Waals surface area contributed by atoms with Gasteiger partial charge in [0.1, 0.15) is 5.69 Å². The van der Waals surface area contributed by atoms with E-state index in [-0.39, 0.29) is 5.91 Å². The van der Waals surface area contributed by atoms with Gasteiger partial charge in [-0.25, -0.2) is 4.98 Å². The number of carbonyl (C=O) groups excluding carboxylic acids is 1. The number of halogens is 1. The molecule has 1 aliphatic rings. The van der Waals surface area contributed by atoms with Crippen LogP contribution in [0.5, 0.6) is 0 Å². The number of methoxy groups -OCH3 is 1. The number of amides is 1. The predicted octanol–water partition coefficient (Wildman–Crippen LogP) is 3.82. The van der Waals surface area contributed by atoms with Gasteiger partial charge in [0.15, 0.2) is 4.96 Å². The van der Waals surface area contributed by atoms with Gasteiger partial charge in [-0.05, 0) is 18.6 Å². The van der Waals surface area contributed by atoms with Crippen molar-refractivity contribution >= 4 is 33.8 Å². The molecule has 0 aliphatic carbocycles.